The molecular weight excluding hydrogens is 385 g/mol. The Balaban J connectivity index is 1.60. The number of benzene rings is 2. The van der Waals surface area contributed by atoms with E-state index >= 15 is 0 Å². The van der Waals surface area contributed by atoms with E-state index in [2.05, 4.69) is 15.3 Å². The molecule has 30 heavy (non-hydrogen) atoms. The van der Waals surface area contributed by atoms with Crippen LogP contribution in [0.4, 0.5) is 10.1 Å². The predicted octanol–water partition coefficient (Wildman–Crippen LogP) is 5.11. The second kappa shape index (κ2) is 8.16. The average molecular weight is 403 g/mol. The average Bonchev–Trinajstić information content (AvgIpc) is 3.24. The Labute approximate surface area is 172 Å². The number of carbonyl (C=O) groups excluding carboxylic acids is 1. The van der Waals surface area contributed by atoms with E-state index in [1.807, 2.05) is 25.1 Å². The minimum Gasteiger partial charge on any atom is -0.496 e. The molecule has 0 radical (unpaired) electrons. The van der Waals surface area contributed by atoms with Crippen LogP contribution in [0.5, 0.6) is 5.75 Å². The first-order valence-corrected chi connectivity index (χ1v) is 9.16. The van der Waals surface area contributed by atoms with Gasteiger partial charge in [0.15, 0.2) is 17.8 Å². The molecule has 0 aliphatic heterocycles. The van der Waals surface area contributed by atoms with Crippen molar-refractivity contribution in [3.63, 3.8) is 0 Å². The molecule has 0 saturated carbocycles. The molecule has 4 rings (SSSR count). The van der Waals surface area contributed by atoms with Crippen molar-refractivity contribution in [1.29, 1.82) is 0 Å². The van der Waals surface area contributed by atoms with Crippen LogP contribution in [0.2, 0.25) is 0 Å². The van der Waals surface area contributed by atoms with Crippen LogP contribution < -0.4 is 10.1 Å². The van der Waals surface area contributed by atoms with Crippen LogP contribution in [-0.4, -0.2) is 23.0 Å². The summed E-state index contributed by atoms with van der Waals surface area (Å²) in [7, 11) is 1.60. The van der Waals surface area contributed by atoms with Crippen molar-refractivity contribution in [2.45, 2.75) is 6.92 Å². The van der Waals surface area contributed by atoms with E-state index in [0.29, 0.717) is 17.0 Å². The van der Waals surface area contributed by atoms with Gasteiger partial charge in [-0.1, -0.05) is 12.1 Å². The topological polar surface area (TPSA) is 77.2 Å². The molecule has 7 heteroatoms. The smallest absolute Gasteiger partial charge is 0.278 e. The van der Waals surface area contributed by atoms with E-state index in [1.165, 1.54) is 12.5 Å². The third kappa shape index (κ3) is 3.91. The Morgan fingerprint density at radius 2 is 1.93 bits per heavy atom. The molecule has 0 fully saturated rings. The summed E-state index contributed by atoms with van der Waals surface area (Å²) in [6, 6.07) is 13.9. The molecule has 2 aromatic carbocycles. The number of pyridine rings is 1. The fraction of sp³-hybridized carbons (Fsp3) is 0.0870. The van der Waals surface area contributed by atoms with Gasteiger partial charge in [0.05, 0.1) is 13.3 Å². The van der Waals surface area contributed by atoms with E-state index in [4.69, 9.17) is 9.15 Å². The summed E-state index contributed by atoms with van der Waals surface area (Å²) in [6.45, 7) is 1.91. The number of hydrogen-bond donors (Lipinski definition) is 1. The molecule has 1 amide bonds. The highest BCUT2D eigenvalue weighted by molar-refractivity contribution is 6.06. The molecule has 0 aliphatic carbocycles. The van der Waals surface area contributed by atoms with Crippen molar-refractivity contribution in [3.05, 3.63) is 84.4 Å². The molecule has 0 unspecified atom stereocenters. The first kappa shape index (κ1) is 19.3. The number of aryl methyl sites for hydroxylation is 1. The number of nitrogens with one attached hydrogen (secondary N) is 1. The number of halogens is 1. The molecule has 2 aromatic heterocycles. The van der Waals surface area contributed by atoms with Gasteiger partial charge in [-0.05, 0) is 54.4 Å². The zero-order chi connectivity index (χ0) is 21.1. The number of nitrogens with zero attached hydrogens (tertiary/aromatic N) is 2. The quantitative estimate of drug-likeness (QED) is 0.501. The van der Waals surface area contributed by atoms with Gasteiger partial charge in [-0.3, -0.25) is 9.78 Å². The van der Waals surface area contributed by atoms with E-state index in [0.717, 1.165) is 28.6 Å². The molecule has 0 spiro atoms. The standard InChI is InChI=1S/C23H18FN3O3/c1-14-8-16(6-7-20(14)29-2)22-21(26-13-30-22)23(28)27-19-5-3-4-15(10-19)17-9-18(24)12-25-11-17/h3-13H,1-2H3,(H,27,28). The number of amides is 1. The first-order chi connectivity index (χ1) is 14.5. The van der Waals surface area contributed by atoms with Gasteiger partial charge in [0.25, 0.3) is 5.91 Å². The van der Waals surface area contributed by atoms with Crippen LogP contribution in [0.15, 0.2) is 71.7 Å². The highest BCUT2D eigenvalue weighted by Crippen LogP contribution is 2.29. The Morgan fingerprint density at radius 3 is 2.70 bits per heavy atom. The molecule has 0 saturated heterocycles. The van der Waals surface area contributed by atoms with Crippen LogP contribution >= 0.6 is 0 Å². The lowest BCUT2D eigenvalue weighted by Gasteiger charge is -2.09. The van der Waals surface area contributed by atoms with Crippen molar-refractivity contribution in [1.82, 2.24) is 9.97 Å². The van der Waals surface area contributed by atoms with Gasteiger partial charge in [0.2, 0.25) is 0 Å². The largest absolute Gasteiger partial charge is 0.496 e. The second-order valence-electron chi connectivity index (χ2n) is 6.64. The maximum atomic E-state index is 13.5. The van der Waals surface area contributed by atoms with Crippen molar-refractivity contribution in [2.75, 3.05) is 12.4 Å². The molecule has 0 aliphatic rings. The minimum absolute atomic E-state index is 0.164. The summed E-state index contributed by atoms with van der Waals surface area (Å²) < 4.78 is 24.2. The molecule has 1 N–H and O–H groups in total. The molecule has 150 valence electrons. The van der Waals surface area contributed by atoms with Crippen molar-refractivity contribution < 1.29 is 18.3 Å². The van der Waals surface area contributed by atoms with Crippen LogP contribution in [0, 0.1) is 12.7 Å². The maximum Gasteiger partial charge on any atom is 0.278 e. The van der Waals surface area contributed by atoms with Gasteiger partial charge in [0, 0.05) is 23.0 Å². The van der Waals surface area contributed by atoms with Crippen LogP contribution in [0.25, 0.3) is 22.5 Å². The number of carbonyl (C=O) groups is 1. The molecule has 0 bridgehead atoms. The van der Waals surface area contributed by atoms with Crippen molar-refractivity contribution in [2.24, 2.45) is 0 Å². The molecule has 4 aromatic rings. The first-order valence-electron chi connectivity index (χ1n) is 9.16. The Kier molecular flexibility index (Phi) is 5.26. The van der Waals surface area contributed by atoms with Gasteiger partial charge in [-0.15, -0.1) is 0 Å². The minimum atomic E-state index is -0.427. The lowest BCUT2D eigenvalue weighted by Crippen LogP contribution is -2.13. The van der Waals surface area contributed by atoms with E-state index in [1.54, 1.807) is 37.6 Å². The number of hydrogen-bond acceptors (Lipinski definition) is 5. The third-order valence-electron chi connectivity index (χ3n) is 4.60. The number of methoxy groups -OCH3 is 1. The number of oxazole rings is 1. The zero-order valence-electron chi connectivity index (χ0n) is 16.3. The lowest BCUT2D eigenvalue weighted by molar-refractivity contribution is 0.102. The SMILES string of the molecule is COc1ccc(-c2ocnc2C(=O)Nc2cccc(-c3cncc(F)c3)c2)cc1C. The summed E-state index contributed by atoms with van der Waals surface area (Å²) in [5.41, 5.74) is 3.68. The number of anilines is 1. The summed E-state index contributed by atoms with van der Waals surface area (Å²) in [4.78, 5) is 20.8. The number of ether oxygens (including phenoxy) is 1. The fourth-order valence-electron chi connectivity index (χ4n) is 3.17. The van der Waals surface area contributed by atoms with Gasteiger partial charge in [0.1, 0.15) is 11.6 Å². The van der Waals surface area contributed by atoms with Gasteiger partial charge in [-0.25, -0.2) is 9.37 Å². The normalized spacial score (nSPS) is 10.6. The summed E-state index contributed by atoms with van der Waals surface area (Å²) in [6.07, 6.45) is 3.94. The highest BCUT2D eigenvalue weighted by atomic mass is 19.1. The monoisotopic (exact) mass is 403 g/mol. The van der Waals surface area contributed by atoms with E-state index < -0.39 is 11.7 Å². The number of aromatic nitrogens is 2. The summed E-state index contributed by atoms with van der Waals surface area (Å²) in [5, 5.41) is 2.82. The van der Waals surface area contributed by atoms with Gasteiger partial charge in [-0.2, -0.15) is 0 Å². The van der Waals surface area contributed by atoms with Gasteiger partial charge >= 0.3 is 0 Å². The Morgan fingerprint density at radius 1 is 1.07 bits per heavy atom. The second-order valence-corrected chi connectivity index (χ2v) is 6.64. The fourth-order valence-corrected chi connectivity index (χ4v) is 3.17. The summed E-state index contributed by atoms with van der Waals surface area (Å²) >= 11 is 0. The van der Waals surface area contributed by atoms with E-state index in [-0.39, 0.29) is 5.69 Å². The van der Waals surface area contributed by atoms with E-state index in [9.17, 15) is 9.18 Å². The number of rotatable bonds is 5. The third-order valence-corrected chi connectivity index (χ3v) is 4.60. The predicted molar refractivity (Wildman–Crippen MR) is 111 cm³/mol. The van der Waals surface area contributed by atoms with Crippen LogP contribution in [0.3, 0.4) is 0 Å². The van der Waals surface area contributed by atoms with Crippen molar-refractivity contribution in [3.8, 4) is 28.2 Å². The Bertz CT molecular complexity index is 1220. The zero-order valence-corrected chi connectivity index (χ0v) is 16.3. The molecule has 2 heterocycles. The lowest BCUT2D eigenvalue weighted by atomic mass is 10.1. The Hall–Kier alpha value is -4.00. The van der Waals surface area contributed by atoms with Crippen LogP contribution in [-0.2, 0) is 0 Å². The molecule has 6 nitrogen and oxygen atoms in total. The van der Waals surface area contributed by atoms with Crippen molar-refractivity contribution >= 4 is 11.6 Å². The maximum absolute atomic E-state index is 13.5. The molecule has 0 atom stereocenters. The van der Waals surface area contributed by atoms with Crippen LogP contribution in [0.1, 0.15) is 16.1 Å². The highest BCUT2D eigenvalue weighted by Gasteiger charge is 2.19. The summed E-state index contributed by atoms with van der Waals surface area (Å²) in [5.74, 6) is 0.266. The molecular formula is C23H18FN3O3. The van der Waals surface area contributed by atoms with Gasteiger partial charge < -0.3 is 14.5 Å².